The van der Waals surface area contributed by atoms with E-state index >= 15 is 0 Å². The summed E-state index contributed by atoms with van der Waals surface area (Å²) in [5.74, 6) is 0.436. The van der Waals surface area contributed by atoms with E-state index in [2.05, 4.69) is 140 Å². The van der Waals surface area contributed by atoms with Crippen molar-refractivity contribution in [1.82, 2.24) is 0 Å². The van der Waals surface area contributed by atoms with Gasteiger partial charge in [0.25, 0.3) is 0 Å². The monoisotopic (exact) mass is 586 g/mol. The third-order valence-electron chi connectivity index (χ3n) is 10.4. The molecule has 208 valence electrons. The van der Waals surface area contributed by atoms with E-state index in [1.807, 2.05) is 11.3 Å². The van der Waals surface area contributed by atoms with E-state index in [1.54, 1.807) is 0 Å². The predicted molar refractivity (Wildman–Crippen MR) is 197 cm³/mol. The molecular formula is C44H26S. The summed E-state index contributed by atoms with van der Waals surface area (Å²) in [6.07, 6.45) is 8.25. The van der Waals surface area contributed by atoms with Crippen LogP contribution in [0.15, 0.2) is 127 Å². The van der Waals surface area contributed by atoms with Gasteiger partial charge in [-0.2, -0.15) is 0 Å². The highest BCUT2D eigenvalue weighted by Gasteiger charge is 2.26. The first-order valence-corrected chi connectivity index (χ1v) is 16.7. The van der Waals surface area contributed by atoms with Gasteiger partial charge >= 0.3 is 0 Å². The van der Waals surface area contributed by atoms with Gasteiger partial charge in [-0.25, -0.2) is 0 Å². The highest BCUT2D eigenvalue weighted by molar-refractivity contribution is 7.25. The molecule has 1 aromatic heterocycles. The predicted octanol–water partition coefficient (Wildman–Crippen LogP) is 12.8. The normalized spacial score (nSPS) is 15.7. The molecule has 0 aliphatic heterocycles. The zero-order valence-electron chi connectivity index (χ0n) is 24.5. The molecule has 1 atom stereocenters. The quantitative estimate of drug-likeness (QED) is 0.177. The first-order valence-electron chi connectivity index (χ1n) is 15.8. The molecule has 2 aliphatic rings. The second-order valence-electron chi connectivity index (χ2n) is 12.9. The molecule has 1 heterocycles. The third kappa shape index (κ3) is 3.36. The molecule has 11 rings (SSSR count). The molecule has 0 bridgehead atoms. The zero-order chi connectivity index (χ0) is 29.2. The molecule has 9 aromatic rings. The fourth-order valence-corrected chi connectivity index (χ4v) is 9.55. The topological polar surface area (TPSA) is 0 Å². The summed E-state index contributed by atoms with van der Waals surface area (Å²) in [5.41, 5.74) is 9.58. The minimum Gasteiger partial charge on any atom is -0.135 e. The van der Waals surface area contributed by atoms with E-state index in [9.17, 15) is 0 Å². The molecule has 0 nitrogen and oxygen atoms in total. The van der Waals surface area contributed by atoms with Crippen LogP contribution in [-0.2, 0) is 0 Å². The van der Waals surface area contributed by atoms with Crippen LogP contribution in [0.3, 0.4) is 0 Å². The highest BCUT2D eigenvalue weighted by Crippen LogP contribution is 2.47. The molecule has 8 aromatic carbocycles. The minimum atomic E-state index is 0.436. The van der Waals surface area contributed by atoms with Crippen LogP contribution in [0.1, 0.15) is 34.6 Å². The molecule has 0 saturated carbocycles. The van der Waals surface area contributed by atoms with Crippen molar-refractivity contribution in [2.24, 2.45) is 0 Å². The number of thiophene rings is 1. The maximum absolute atomic E-state index is 2.45. The number of fused-ring (bicyclic) bond motifs is 3. The first kappa shape index (κ1) is 24.1. The van der Waals surface area contributed by atoms with Crippen LogP contribution in [-0.4, -0.2) is 0 Å². The van der Waals surface area contributed by atoms with E-state index in [0.29, 0.717) is 5.92 Å². The van der Waals surface area contributed by atoms with Crippen LogP contribution in [0.5, 0.6) is 0 Å². The highest BCUT2D eigenvalue weighted by atomic mass is 32.1. The fourth-order valence-electron chi connectivity index (χ4n) is 8.36. The lowest BCUT2D eigenvalue weighted by Crippen LogP contribution is -2.09. The van der Waals surface area contributed by atoms with Crippen molar-refractivity contribution in [3.8, 4) is 11.1 Å². The molecule has 2 aliphatic carbocycles. The van der Waals surface area contributed by atoms with Gasteiger partial charge in [0, 0.05) is 26.1 Å². The van der Waals surface area contributed by atoms with Crippen LogP contribution >= 0.6 is 11.3 Å². The van der Waals surface area contributed by atoms with Crippen molar-refractivity contribution in [2.45, 2.75) is 12.3 Å². The smallest absolute Gasteiger partial charge is 0.0361 e. The number of allylic oxidation sites excluding steroid dienone is 2. The van der Waals surface area contributed by atoms with Crippen LogP contribution in [0, 0.1) is 0 Å². The zero-order valence-corrected chi connectivity index (χ0v) is 25.3. The lowest BCUT2D eigenvalue weighted by Gasteiger charge is -2.28. The standard InChI is InChI=1S/C44H26S/c1-3-25-7-11-31-19-35(20-32-12-8-26(4-1)41(25)43(31)32)29-15-17-37-38-18-16-30(24-40(38)45-39(37)23-29)36-21-33-13-9-27-5-2-6-28-10-14-34(22-36)44(33)42(27)28/h1-21,23-24,34H,22H2. The number of rotatable bonds is 2. The Balaban J connectivity index is 1.02. The summed E-state index contributed by atoms with van der Waals surface area (Å²) in [7, 11) is 0. The van der Waals surface area contributed by atoms with E-state index in [4.69, 9.17) is 0 Å². The van der Waals surface area contributed by atoms with Crippen molar-refractivity contribution in [3.63, 3.8) is 0 Å². The van der Waals surface area contributed by atoms with Gasteiger partial charge in [0.05, 0.1) is 0 Å². The van der Waals surface area contributed by atoms with Gasteiger partial charge < -0.3 is 0 Å². The molecule has 45 heavy (non-hydrogen) atoms. The lowest BCUT2D eigenvalue weighted by molar-refractivity contribution is 0.874. The van der Waals surface area contributed by atoms with Crippen LogP contribution in [0.4, 0.5) is 0 Å². The molecule has 0 radical (unpaired) electrons. The second-order valence-corrected chi connectivity index (χ2v) is 14.0. The molecule has 0 saturated heterocycles. The van der Waals surface area contributed by atoms with Gasteiger partial charge in [-0.05, 0) is 113 Å². The molecular weight excluding hydrogens is 561 g/mol. The van der Waals surface area contributed by atoms with Gasteiger partial charge in [-0.3, -0.25) is 0 Å². The Morgan fingerprint density at radius 3 is 1.89 bits per heavy atom. The Bertz CT molecular complexity index is 2720. The number of benzene rings is 8. The van der Waals surface area contributed by atoms with Crippen LogP contribution < -0.4 is 0 Å². The van der Waals surface area contributed by atoms with Gasteiger partial charge in [0.15, 0.2) is 0 Å². The lowest BCUT2D eigenvalue weighted by atomic mass is 9.75. The largest absolute Gasteiger partial charge is 0.135 e. The minimum absolute atomic E-state index is 0.436. The van der Waals surface area contributed by atoms with Crippen molar-refractivity contribution in [3.05, 3.63) is 150 Å². The maximum Gasteiger partial charge on any atom is 0.0361 e. The molecule has 1 heteroatoms. The third-order valence-corrected chi connectivity index (χ3v) is 11.6. The van der Waals surface area contributed by atoms with Crippen molar-refractivity contribution >= 4 is 92.3 Å². The second kappa shape index (κ2) is 8.69. The Labute approximate surface area is 264 Å². The molecule has 0 spiro atoms. The summed E-state index contributed by atoms with van der Waals surface area (Å²) < 4.78 is 2.71. The van der Waals surface area contributed by atoms with E-state index in [1.165, 1.54) is 102 Å². The Morgan fingerprint density at radius 2 is 1.11 bits per heavy atom. The maximum atomic E-state index is 2.45. The summed E-state index contributed by atoms with van der Waals surface area (Å²) in [6, 6.07) is 45.9. The number of hydrogen-bond donors (Lipinski definition) is 0. The summed E-state index contributed by atoms with van der Waals surface area (Å²) in [5, 5.41) is 13.5. The average Bonchev–Trinajstić information content (AvgIpc) is 3.46. The van der Waals surface area contributed by atoms with Gasteiger partial charge in [0.1, 0.15) is 0 Å². The fraction of sp³-hybridized carbons (Fsp3) is 0.0455. The first-order chi connectivity index (χ1) is 22.2. The molecule has 1 unspecified atom stereocenters. The van der Waals surface area contributed by atoms with Crippen molar-refractivity contribution < 1.29 is 0 Å². The molecule has 0 fully saturated rings. The Hall–Kier alpha value is -5.24. The van der Waals surface area contributed by atoms with Gasteiger partial charge in [0.2, 0.25) is 0 Å². The SMILES string of the molecule is C1=CC2CC(c3ccc4c(c3)sc3cc(-c5cc6ccc7cccc8ccc(c5)c6c78)ccc34)=Cc3ccc4cccc1c4c32. The summed E-state index contributed by atoms with van der Waals surface area (Å²) in [6.45, 7) is 0. The van der Waals surface area contributed by atoms with Gasteiger partial charge in [-0.15, -0.1) is 11.3 Å². The van der Waals surface area contributed by atoms with Crippen LogP contribution in [0.2, 0.25) is 0 Å². The van der Waals surface area contributed by atoms with Gasteiger partial charge in [-0.1, -0.05) is 115 Å². The Morgan fingerprint density at radius 1 is 0.489 bits per heavy atom. The van der Waals surface area contributed by atoms with Crippen molar-refractivity contribution in [2.75, 3.05) is 0 Å². The van der Waals surface area contributed by atoms with Crippen molar-refractivity contribution in [1.29, 1.82) is 0 Å². The molecule has 0 amide bonds. The molecule has 0 N–H and O–H groups in total. The summed E-state index contributed by atoms with van der Waals surface area (Å²) >= 11 is 1.92. The van der Waals surface area contributed by atoms with E-state index in [-0.39, 0.29) is 0 Å². The number of hydrogen-bond acceptors (Lipinski definition) is 1. The van der Waals surface area contributed by atoms with Crippen LogP contribution in [0.25, 0.3) is 92.1 Å². The Kier molecular flexibility index (Phi) is 4.66. The summed E-state index contributed by atoms with van der Waals surface area (Å²) in [4.78, 5) is 0. The van der Waals surface area contributed by atoms with E-state index < -0.39 is 0 Å². The van der Waals surface area contributed by atoms with E-state index in [0.717, 1.165) is 6.42 Å². The average molecular weight is 587 g/mol.